The Bertz CT molecular complexity index is 7350. The number of nitrogens with zero attached hydrogens (tertiary/aromatic N) is 31. The third kappa shape index (κ3) is 22.0. The number of hydrogen-bond donors (Lipinski definition) is 11. The van der Waals surface area contributed by atoms with Gasteiger partial charge in [0.2, 0.25) is 0 Å². The number of carbonyl (C=O) groups is 5. The van der Waals surface area contributed by atoms with Crippen LogP contribution in [-0.4, -0.2) is 363 Å². The lowest BCUT2D eigenvalue weighted by Gasteiger charge is -2.50. The zero-order valence-electron chi connectivity index (χ0n) is 81.6. The van der Waals surface area contributed by atoms with Crippen molar-refractivity contribution in [1.29, 1.82) is 0 Å². The number of aromatic nitrogens is 20. The van der Waals surface area contributed by atoms with Crippen molar-refractivity contribution in [3.63, 3.8) is 0 Å². The maximum Gasteiger partial charge on any atom is 0.263 e. The minimum Gasteiger partial charge on any atom is -0.395 e. The molecule has 3 atom stereocenters. The Morgan fingerprint density at radius 3 is 1.04 bits per heavy atom. The molecule has 0 bridgehead atoms. The molecule has 1 aliphatic carbocycles. The van der Waals surface area contributed by atoms with Gasteiger partial charge in [0.15, 0.2) is 63.1 Å². The maximum atomic E-state index is 13.4. The fourth-order valence-corrected chi connectivity index (χ4v) is 20.8. The van der Waals surface area contributed by atoms with Crippen molar-refractivity contribution in [2.45, 2.75) is 62.3 Å². The highest BCUT2D eigenvalue weighted by Gasteiger charge is 2.43. The minimum absolute atomic E-state index is 0.0182. The highest BCUT2D eigenvalue weighted by atomic mass is 35.5. The molecule has 24 rings (SSSR count). The first-order valence-electron chi connectivity index (χ1n) is 48.6. The molecule has 48 nitrogen and oxygen atoms in total. The number of nitrogen functional groups attached to an aromatic ring is 5. The molecule has 8 saturated heterocycles. The largest absolute Gasteiger partial charge is 0.395 e. The van der Waals surface area contributed by atoms with Gasteiger partial charge in [-0.05, 0) is 83.6 Å². The van der Waals surface area contributed by atoms with Crippen molar-refractivity contribution in [1.82, 2.24) is 127 Å². The summed E-state index contributed by atoms with van der Waals surface area (Å²) in [6, 6.07) is 11.4. The number of nitrogens with two attached hydrogens (primary N) is 5. The van der Waals surface area contributed by atoms with Gasteiger partial charge < -0.3 is 94.5 Å². The first kappa shape index (κ1) is 101. The fraction of sp³-hybridized carbons (Fsp3) is 0.375. The van der Waals surface area contributed by atoms with Crippen LogP contribution in [0.25, 0.3) is 28.2 Å². The van der Waals surface area contributed by atoms with E-state index in [-0.39, 0.29) is 98.5 Å². The first-order valence-corrected chi connectivity index (χ1v) is 50.2. The van der Waals surface area contributed by atoms with Gasteiger partial charge in [-0.2, -0.15) is 0 Å². The number of amides is 5. The molecule has 53 heteroatoms. The van der Waals surface area contributed by atoms with Crippen LogP contribution < -0.4 is 79.8 Å². The Hall–Kier alpha value is -15.0. The summed E-state index contributed by atoms with van der Waals surface area (Å²) in [5.41, 5.74) is 40.1. The molecule has 776 valence electrons. The second kappa shape index (κ2) is 43.8. The number of hydrogen-bond acceptors (Lipinski definition) is 38. The zero-order chi connectivity index (χ0) is 104. The molecular formula is C96H110Cl4FN41O7. The van der Waals surface area contributed by atoms with Gasteiger partial charge in [0.05, 0.1) is 177 Å². The third-order valence-electron chi connectivity index (χ3n) is 28.1. The van der Waals surface area contributed by atoms with E-state index in [1.807, 2.05) is 37.4 Å². The summed E-state index contributed by atoms with van der Waals surface area (Å²) >= 11 is 23.8. The lowest BCUT2D eigenvalue weighted by molar-refractivity contribution is -0.131. The molecule has 9 fully saturated rings. The lowest BCUT2D eigenvalue weighted by atomic mass is 9.97. The zero-order valence-corrected chi connectivity index (χ0v) is 84.6. The van der Waals surface area contributed by atoms with Crippen molar-refractivity contribution in [3.05, 3.63) is 208 Å². The van der Waals surface area contributed by atoms with E-state index in [0.717, 1.165) is 189 Å². The monoisotopic (exact) mass is 2110 g/mol. The Kier molecular flexibility index (Phi) is 29.7. The Balaban J connectivity index is 0.000000113. The van der Waals surface area contributed by atoms with Crippen LogP contribution in [0, 0.1) is 5.82 Å². The number of carbonyl (C=O) groups excluding carboxylic acids is 5. The number of nitrogens with one attached hydrogen (secondary N) is 5. The number of halogens is 5. The standard InChI is InChI=1S/C20H24ClN9O.C20H23FN8O2.2C19H21ClN8O.C18H21ClN8O2/c1-27-4-5-28-6-7-29(12-14(28)11-27)16-2-3-23-9-15(16)25-20(31)17-18(22)26-30-10-13(21)8-24-19(17)30;1-20(11-31-12-20)28-6-4-27(5-7-28)15-2-3-23-9-14(15)25-19(30)16-17(22)26-29-10-13(21)8-24-18(16)29;20-12-9-23-18-16(17(21)25-28(18)11-12)19(29)24-14-10-22-4-3-15(14)27-7-5-26(6-8-27)13-1-2-13;20-12-8-23-18-16(17(21)25-28(18)10-12)19(29)24-14-9-22-4-3-15(14)27-7-6-26-5-1-2-13(26)11-27;1-25-4-5-26(9-12(25)10-28)14-2-3-21-7-13(14)23-18(29)15-16(20)24-27-8-11(19)6-22-17(15)27/h2-3,8-10,14H,4-7,11-12H2,1H3,(H2,22,26)(H,25,31);2-3,8-10H,4-7,11-12H2,1H3,(H2,22,26)(H,25,30);3-4,9-11,13H,1-2,5-8H2,(H2,21,25)(H,24,29);3-4,8-10,13H,1-2,5-7,11H2,(H2,21,25)(H,24,29);2-3,6-8,12,28H,4-5,9-10H2,1H3,(H2,20,24)(H,23,29)/t;;;13-;/m...1./s1. The van der Waals surface area contributed by atoms with E-state index in [2.05, 4.69) is 170 Å². The van der Waals surface area contributed by atoms with Gasteiger partial charge in [0.25, 0.3) is 29.5 Å². The second-order valence-electron chi connectivity index (χ2n) is 37.9. The fourth-order valence-electron chi connectivity index (χ4n) is 20.2. The SMILES string of the molecule is CC1(N2CCN(c3ccncc3NC(=O)c3c(N)nn4cc(F)cnc34)CC2)COC1.CN1CCN(c2ccncc2NC(=O)c2c(N)nn3cc(Cl)cnc23)CC1CO.CN1CCN2CCN(c3ccncc3NC(=O)c3c(N)nn4cc(Cl)cnc34)CC2C1.Nc1nn2cc(Cl)cnc2c1C(=O)Nc1cnccc1N1CCN(C2CC2)CC1.Nc1nn2cc(Cl)cnc2c1C(=O)Nc1cnccc1N1CCN2CCC[C@@H]2C1. The van der Waals surface area contributed by atoms with Crippen LogP contribution in [0.15, 0.2) is 154 Å². The number of fused-ring (bicyclic) bond motifs is 7. The number of pyridine rings is 5. The molecule has 2 unspecified atom stereocenters. The highest BCUT2D eigenvalue weighted by molar-refractivity contribution is 6.31. The van der Waals surface area contributed by atoms with Gasteiger partial charge in [-0.25, -0.2) is 51.9 Å². The van der Waals surface area contributed by atoms with E-state index in [9.17, 15) is 33.5 Å². The number of ether oxygens (including phenoxy) is 1. The molecule has 5 amide bonds. The lowest BCUT2D eigenvalue weighted by Crippen LogP contribution is -2.64. The number of aliphatic hydroxyl groups excluding tert-OH is 1. The van der Waals surface area contributed by atoms with Gasteiger partial charge in [0.1, 0.15) is 27.8 Å². The molecule has 0 radical (unpaired) electrons. The molecule has 1 saturated carbocycles. The van der Waals surface area contributed by atoms with E-state index in [4.69, 9.17) is 79.8 Å². The second-order valence-corrected chi connectivity index (χ2v) is 39.6. The van der Waals surface area contributed by atoms with Crippen LogP contribution >= 0.6 is 46.4 Å². The molecule has 15 aromatic rings. The summed E-state index contributed by atoms with van der Waals surface area (Å²) in [6.45, 7) is 23.5. The summed E-state index contributed by atoms with van der Waals surface area (Å²) < 4.78 is 25.6. The summed E-state index contributed by atoms with van der Waals surface area (Å²) in [6.07, 6.45) is 36.1. The third-order valence-corrected chi connectivity index (χ3v) is 28.9. The number of anilines is 15. The van der Waals surface area contributed by atoms with E-state index in [1.165, 1.54) is 81.3 Å². The van der Waals surface area contributed by atoms with Crippen molar-refractivity contribution in [3.8, 4) is 0 Å². The highest BCUT2D eigenvalue weighted by Crippen LogP contribution is 2.39. The predicted octanol–water partition coefficient (Wildman–Crippen LogP) is 6.58. The number of rotatable bonds is 18. The molecule has 8 aliphatic heterocycles. The number of aliphatic hydroxyl groups is 1. The van der Waals surface area contributed by atoms with Gasteiger partial charge in [0, 0.05) is 205 Å². The van der Waals surface area contributed by atoms with Crippen LogP contribution in [0.4, 0.5) is 90.4 Å². The molecule has 15 aromatic heterocycles. The summed E-state index contributed by atoms with van der Waals surface area (Å²) in [5, 5.41) is 46.4. The maximum absolute atomic E-state index is 13.4. The van der Waals surface area contributed by atoms with E-state index in [1.54, 1.807) is 80.6 Å². The van der Waals surface area contributed by atoms with Gasteiger partial charge >= 0.3 is 0 Å². The Labute approximate surface area is 872 Å². The van der Waals surface area contributed by atoms with Crippen LogP contribution in [0.3, 0.4) is 0 Å². The topological polar surface area (TPSA) is 556 Å². The van der Waals surface area contributed by atoms with E-state index in [0.29, 0.717) is 89.7 Å². The van der Waals surface area contributed by atoms with Crippen molar-refractivity contribution in [2.24, 2.45) is 0 Å². The Morgan fingerprint density at radius 2 is 0.685 bits per heavy atom. The van der Waals surface area contributed by atoms with Gasteiger partial charge in [-0.15, -0.1) is 25.5 Å². The van der Waals surface area contributed by atoms with Crippen LogP contribution in [-0.2, 0) is 4.74 Å². The van der Waals surface area contributed by atoms with E-state index < -0.39 is 17.6 Å². The van der Waals surface area contributed by atoms with Crippen molar-refractivity contribution < 1.29 is 38.2 Å². The summed E-state index contributed by atoms with van der Waals surface area (Å²) in [5.74, 6) is -2.29. The van der Waals surface area contributed by atoms with Crippen molar-refractivity contribution in [2.75, 3.05) is 251 Å². The average molecular weight is 2110 g/mol. The number of likely N-dealkylation sites (N-methyl/N-ethyl adjacent to an activating group) is 2. The quantitative estimate of drug-likeness (QED) is 0.0432. The van der Waals surface area contributed by atoms with Crippen molar-refractivity contribution >= 4 is 190 Å². The Morgan fingerprint density at radius 1 is 0.376 bits per heavy atom. The first-order chi connectivity index (χ1) is 72.1. The molecular weight excluding hydrogens is 2000 g/mol. The van der Waals surface area contributed by atoms with Crippen LogP contribution in [0.2, 0.25) is 20.1 Å². The number of piperazine rings is 6. The van der Waals surface area contributed by atoms with E-state index >= 15 is 0 Å². The van der Waals surface area contributed by atoms with Crippen LogP contribution in [0.5, 0.6) is 0 Å². The smallest absolute Gasteiger partial charge is 0.263 e. The molecule has 16 N–H and O–H groups in total. The molecule has 23 heterocycles. The van der Waals surface area contributed by atoms with Gasteiger partial charge in [-0.3, -0.25) is 73.4 Å². The molecule has 149 heavy (non-hydrogen) atoms. The summed E-state index contributed by atoms with van der Waals surface area (Å²) in [4.78, 5) is 133. The molecule has 0 aromatic carbocycles. The summed E-state index contributed by atoms with van der Waals surface area (Å²) in [7, 11) is 4.15. The van der Waals surface area contributed by atoms with Crippen LogP contribution in [0.1, 0.15) is 84.4 Å². The predicted molar refractivity (Wildman–Crippen MR) is 565 cm³/mol. The normalized spacial score (nSPS) is 18.7. The average Bonchev–Trinajstić information content (AvgIpc) is 1.76. The molecule has 9 aliphatic rings. The van der Waals surface area contributed by atoms with Gasteiger partial charge in [-0.1, -0.05) is 46.4 Å². The molecule has 0 spiro atoms. The minimum atomic E-state index is -0.571.